The summed E-state index contributed by atoms with van der Waals surface area (Å²) in [6.07, 6.45) is 1.25. The first-order chi connectivity index (χ1) is 13.9. The van der Waals surface area contributed by atoms with Crippen molar-refractivity contribution in [3.8, 4) is 0 Å². The summed E-state index contributed by atoms with van der Waals surface area (Å²) in [7, 11) is -2.61. The summed E-state index contributed by atoms with van der Waals surface area (Å²) in [5.74, 6) is -0.775. The van der Waals surface area contributed by atoms with Crippen LogP contribution in [0, 0.1) is 5.92 Å². The number of carbonyl (C=O) groups excluding carboxylic acids is 2. The molecule has 1 heterocycles. The molecule has 3 atom stereocenters. The van der Waals surface area contributed by atoms with E-state index in [1.54, 1.807) is 24.3 Å². The Bertz CT molecular complexity index is 1040. The molecule has 29 heavy (non-hydrogen) atoms. The van der Waals surface area contributed by atoms with Gasteiger partial charge in [-0.3, -0.25) is 4.79 Å². The molecule has 0 radical (unpaired) electrons. The highest BCUT2D eigenvalue weighted by Crippen LogP contribution is 2.41. The molecule has 4 rings (SSSR count). The maximum absolute atomic E-state index is 13.2. The molecule has 1 saturated carbocycles. The number of sulfonamides is 1. The molecule has 1 N–H and O–H groups in total. The van der Waals surface area contributed by atoms with Crippen LogP contribution in [0.2, 0.25) is 0 Å². The third kappa shape index (κ3) is 3.54. The average Bonchev–Trinajstić information content (AvgIpc) is 3.34. The van der Waals surface area contributed by atoms with Gasteiger partial charge in [0.05, 0.1) is 17.6 Å². The fourth-order valence-corrected chi connectivity index (χ4v) is 6.21. The first-order valence-electron chi connectivity index (χ1n) is 9.47. The van der Waals surface area contributed by atoms with Crippen molar-refractivity contribution >= 4 is 21.9 Å². The number of esters is 1. The Hall–Kier alpha value is -2.71. The fourth-order valence-electron chi connectivity index (χ4n) is 4.32. The second-order valence-corrected chi connectivity index (χ2v) is 9.25. The Morgan fingerprint density at radius 1 is 1.03 bits per heavy atom. The number of carbonyl (C=O) groups is 2. The van der Waals surface area contributed by atoms with Gasteiger partial charge in [-0.1, -0.05) is 30.3 Å². The van der Waals surface area contributed by atoms with Gasteiger partial charge < -0.3 is 10.1 Å². The van der Waals surface area contributed by atoms with E-state index in [1.807, 2.05) is 18.2 Å². The first-order valence-corrected chi connectivity index (χ1v) is 10.9. The van der Waals surface area contributed by atoms with Gasteiger partial charge >= 0.3 is 5.97 Å². The summed E-state index contributed by atoms with van der Waals surface area (Å²) >= 11 is 0. The first kappa shape index (κ1) is 19.6. The minimum atomic E-state index is -3.84. The molecule has 152 valence electrons. The summed E-state index contributed by atoms with van der Waals surface area (Å²) in [6, 6.07) is 14.8. The Balaban J connectivity index is 1.50. The maximum atomic E-state index is 13.2. The SMILES string of the molecule is COC(=O)c1ccccc1S(=O)(=O)N1CC2CC1CC2NC(=O)c1ccccc1. The van der Waals surface area contributed by atoms with Gasteiger partial charge in [-0.2, -0.15) is 4.31 Å². The second-order valence-electron chi connectivity index (χ2n) is 7.39. The van der Waals surface area contributed by atoms with Gasteiger partial charge in [0.1, 0.15) is 0 Å². The highest BCUT2D eigenvalue weighted by molar-refractivity contribution is 7.89. The standard InChI is InChI=1S/C21H22N2O5S/c1-28-21(25)17-9-5-6-10-19(17)29(26,27)23-13-15-11-16(23)12-18(15)22-20(24)14-7-3-2-4-8-14/h2-10,15-16,18H,11-13H2,1H3,(H,22,24). The monoisotopic (exact) mass is 414 g/mol. The molecule has 2 aliphatic rings. The van der Waals surface area contributed by atoms with Crippen molar-refractivity contribution in [2.24, 2.45) is 5.92 Å². The third-order valence-corrected chi connectivity index (χ3v) is 7.70. The van der Waals surface area contributed by atoms with Crippen LogP contribution < -0.4 is 5.32 Å². The molecule has 1 amide bonds. The number of hydrogen-bond donors (Lipinski definition) is 1. The zero-order valence-corrected chi connectivity index (χ0v) is 16.8. The number of methoxy groups -OCH3 is 1. The lowest BCUT2D eigenvalue weighted by atomic mass is 10.0. The zero-order valence-electron chi connectivity index (χ0n) is 15.9. The van der Waals surface area contributed by atoms with Crippen LogP contribution in [0.4, 0.5) is 0 Å². The lowest BCUT2D eigenvalue weighted by Gasteiger charge is -2.31. The smallest absolute Gasteiger partial charge is 0.339 e. The van der Waals surface area contributed by atoms with Crippen molar-refractivity contribution < 1.29 is 22.7 Å². The summed E-state index contributed by atoms with van der Waals surface area (Å²) in [5, 5.41) is 3.04. The molecule has 2 aromatic rings. The van der Waals surface area contributed by atoms with Crippen LogP contribution in [0.1, 0.15) is 33.6 Å². The topological polar surface area (TPSA) is 92.8 Å². The van der Waals surface area contributed by atoms with E-state index in [9.17, 15) is 18.0 Å². The summed E-state index contributed by atoms with van der Waals surface area (Å²) in [5.41, 5.74) is 0.624. The number of amides is 1. The predicted molar refractivity (Wildman–Crippen MR) is 106 cm³/mol. The number of nitrogens with zero attached hydrogens (tertiary/aromatic N) is 1. The third-order valence-electron chi connectivity index (χ3n) is 5.72. The van der Waals surface area contributed by atoms with Gasteiger partial charge in [0.2, 0.25) is 10.0 Å². The van der Waals surface area contributed by atoms with Crippen LogP contribution in [0.15, 0.2) is 59.5 Å². The molecule has 8 heteroatoms. The zero-order chi connectivity index (χ0) is 20.6. The number of ether oxygens (including phenoxy) is 1. The number of piperidine rings is 1. The summed E-state index contributed by atoms with van der Waals surface area (Å²) in [4.78, 5) is 24.4. The molecule has 2 aromatic carbocycles. The van der Waals surface area contributed by atoms with E-state index in [4.69, 9.17) is 4.74 Å². The van der Waals surface area contributed by atoms with Crippen LogP contribution in [0.25, 0.3) is 0 Å². The van der Waals surface area contributed by atoms with Crippen molar-refractivity contribution in [1.29, 1.82) is 0 Å². The van der Waals surface area contributed by atoms with Gasteiger partial charge in [-0.15, -0.1) is 0 Å². The molecule has 1 aliphatic heterocycles. The molecular weight excluding hydrogens is 392 g/mol. The number of rotatable bonds is 5. The normalized spacial score (nSPS) is 23.7. The molecular formula is C21H22N2O5S. The number of benzene rings is 2. The molecule has 3 unspecified atom stereocenters. The van der Waals surface area contributed by atoms with Crippen LogP contribution in [0.3, 0.4) is 0 Å². The quantitative estimate of drug-likeness (QED) is 0.756. The van der Waals surface area contributed by atoms with Crippen molar-refractivity contribution in [1.82, 2.24) is 9.62 Å². The van der Waals surface area contributed by atoms with Crippen molar-refractivity contribution in [2.45, 2.75) is 29.8 Å². The van der Waals surface area contributed by atoms with Gasteiger partial charge in [-0.05, 0) is 43.0 Å². The van der Waals surface area contributed by atoms with E-state index in [0.29, 0.717) is 24.9 Å². The Labute approximate surface area is 169 Å². The molecule has 7 nitrogen and oxygen atoms in total. The minimum absolute atomic E-state index is 0.0340. The van der Waals surface area contributed by atoms with Crippen molar-refractivity contribution in [2.75, 3.05) is 13.7 Å². The molecule has 1 saturated heterocycles. The lowest BCUT2D eigenvalue weighted by molar-refractivity contribution is 0.0595. The fraction of sp³-hybridized carbons (Fsp3) is 0.333. The Morgan fingerprint density at radius 2 is 1.72 bits per heavy atom. The number of fused-ring (bicyclic) bond motifs is 2. The molecule has 2 fully saturated rings. The van der Waals surface area contributed by atoms with E-state index in [1.165, 1.54) is 23.5 Å². The lowest BCUT2D eigenvalue weighted by Crippen LogP contribution is -2.47. The van der Waals surface area contributed by atoms with E-state index in [2.05, 4.69) is 5.32 Å². The van der Waals surface area contributed by atoms with E-state index in [-0.39, 0.29) is 34.4 Å². The Kier molecular flexibility index (Phi) is 5.14. The molecule has 0 spiro atoms. The van der Waals surface area contributed by atoms with Gasteiger partial charge in [0.15, 0.2) is 0 Å². The Morgan fingerprint density at radius 3 is 2.38 bits per heavy atom. The van der Waals surface area contributed by atoms with Crippen LogP contribution in [-0.2, 0) is 14.8 Å². The number of hydrogen-bond acceptors (Lipinski definition) is 5. The van der Waals surface area contributed by atoms with Crippen LogP contribution in [0.5, 0.6) is 0 Å². The van der Waals surface area contributed by atoms with Crippen LogP contribution in [-0.4, -0.2) is 50.3 Å². The van der Waals surface area contributed by atoms with Crippen molar-refractivity contribution in [3.63, 3.8) is 0 Å². The molecule has 0 aromatic heterocycles. The summed E-state index contributed by atoms with van der Waals surface area (Å²) < 4.78 is 32.7. The van der Waals surface area contributed by atoms with E-state index < -0.39 is 16.0 Å². The van der Waals surface area contributed by atoms with E-state index in [0.717, 1.165) is 0 Å². The van der Waals surface area contributed by atoms with Gasteiger partial charge in [0, 0.05) is 24.2 Å². The van der Waals surface area contributed by atoms with E-state index >= 15 is 0 Å². The molecule has 2 bridgehead atoms. The van der Waals surface area contributed by atoms with Gasteiger partial charge in [-0.25, -0.2) is 13.2 Å². The van der Waals surface area contributed by atoms with Crippen molar-refractivity contribution in [3.05, 3.63) is 65.7 Å². The second kappa shape index (κ2) is 7.61. The minimum Gasteiger partial charge on any atom is -0.465 e. The average molecular weight is 414 g/mol. The predicted octanol–water partition coefficient (Wildman–Crippen LogP) is 2.05. The summed E-state index contributed by atoms with van der Waals surface area (Å²) in [6.45, 7) is 0.322. The highest BCUT2D eigenvalue weighted by atomic mass is 32.2. The molecule has 1 aliphatic carbocycles. The maximum Gasteiger partial charge on any atom is 0.339 e. The highest BCUT2D eigenvalue weighted by Gasteiger charge is 2.50. The van der Waals surface area contributed by atoms with Crippen LogP contribution >= 0.6 is 0 Å². The number of nitrogens with one attached hydrogen (secondary N) is 1. The largest absolute Gasteiger partial charge is 0.465 e. The van der Waals surface area contributed by atoms with Gasteiger partial charge in [0.25, 0.3) is 5.91 Å².